The highest BCUT2D eigenvalue weighted by Gasteiger charge is 2.20. The number of hydrogen-bond acceptors (Lipinski definition) is 3. The van der Waals surface area contributed by atoms with E-state index in [-0.39, 0.29) is 12.7 Å². The Morgan fingerprint density at radius 1 is 1.09 bits per heavy atom. The van der Waals surface area contributed by atoms with E-state index in [1.807, 2.05) is 6.92 Å². The van der Waals surface area contributed by atoms with E-state index in [9.17, 15) is 4.79 Å². The average molecular weight is 370 g/mol. The summed E-state index contributed by atoms with van der Waals surface area (Å²) in [5.74, 6) is 0.0975. The monoisotopic (exact) mass is 368 g/mol. The number of carbonyl (C=O) groups excluding carboxylic acids is 1. The molecule has 0 saturated heterocycles. The summed E-state index contributed by atoms with van der Waals surface area (Å²) in [7, 11) is 0. The minimum atomic E-state index is -0.392. The Hall–Kier alpha value is -0.380. The molecule has 1 atom stereocenters. The summed E-state index contributed by atoms with van der Waals surface area (Å²) in [6, 6.07) is 0. The number of halogens is 3. The molecule has 0 amide bonds. The molecule has 0 aromatic carbocycles. The Labute approximate surface area is 147 Å². The Morgan fingerprint density at radius 2 is 1.77 bits per heavy atom. The molecule has 1 aliphatic carbocycles. The molecule has 0 N–H and O–H groups in total. The number of esters is 1. The van der Waals surface area contributed by atoms with Gasteiger partial charge in [-0.15, -0.1) is 0 Å². The molecule has 1 aliphatic rings. The van der Waals surface area contributed by atoms with Crippen LogP contribution in [0.1, 0.15) is 58.8 Å². The second-order valence-electron chi connectivity index (χ2n) is 5.43. The SMILES string of the molecule is CCCCCCC(C)OC(=O)COC1=C(Cl)CC(Cl)=C(Cl)C1. The molecule has 0 aromatic heterocycles. The van der Waals surface area contributed by atoms with Gasteiger partial charge in [-0.1, -0.05) is 61.0 Å². The van der Waals surface area contributed by atoms with Gasteiger partial charge in [0.1, 0.15) is 5.76 Å². The Balaban J connectivity index is 2.27. The van der Waals surface area contributed by atoms with E-state index in [2.05, 4.69) is 6.92 Å². The molecule has 0 heterocycles. The average Bonchev–Trinajstić information content (AvgIpc) is 2.46. The van der Waals surface area contributed by atoms with Crippen molar-refractivity contribution in [3.63, 3.8) is 0 Å². The third-order valence-electron chi connectivity index (χ3n) is 3.38. The molecular weight excluding hydrogens is 347 g/mol. The summed E-state index contributed by atoms with van der Waals surface area (Å²) in [6.07, 6.45) is 6.09. The van der Waals surface area contributed by atoms with Crippen molar-refractivity contribution in [1.82, 2.24) is 0 Å². The predicted octanol–water partition coefficient (Wildman–Crippen LogP) is 5.84. The maximum atomic E-state index is 11.8. The van der Waals surface area contributed by atoms with Crippen molar-refractivity contribution in [1.29, 1.82) is 0 Å². The van der Waals surface area contributed by atoms with Crippen LogP contribution in [0, 0.1) is 0 Å². The lowest BCUT2D eigenvalue weighted by Gasteiger charge is -2.18. The van der Waals surface area contributed by atoms with Crippen molar-refractivity contribution in [2.45, 2.75) is 64.9 Å². The molecule has 0 bridgehead atoms. The fraction of sp³-hybridized carbons (Fsp3) is 0.688. The van der Waals surface area contributed by atoms with Crippen molar-refractivity contribution < 1.29 is 14.3 Å². The quantitative estimate of drug-likeness (QED) is 0.378. The van der Waals surface area contributed by atoms with Crippen molar-refractivity contribution in [2.24, 2.45) is 0 Å². The molecule has 0 aliphatic heterocycles. The third-order valence-corrected chi connectivity index (χ3v) is 4.55. The second kappa shape index (κ2) is 10.4. The maximum absolute atomic E-state index is 11.8. The largest absolute Gasteiger partial charge is 0.485 e. The lowest BCUT2D eigenvalue weighted by atomic mass is 10.1. The summed E-state index contributed by atoms with van der Waals surface area (Å²) in [5, 5.41) is 1.50. The van der Waals surface area contributed by atoms with E-state index in [1.165, 1.54) is 19.3 Å². The number of unbranched alkanes of at least 4 members (excludes halogenated alkanes) is 3. The summed E-state index contributed by atoms with van der Waals surface area (Å²) >= 11 is 17.9. The minimum absolute atomic E-state index is 0.0957. The van der Waals surface area contributed by atoms with Crippen LogP contribution in [0.2, 0.25) is 0 Å². The van der Waals surface area contributed by atoms with E-state index in [4.69, 9.17) is 44.3 Å². The van der Waals surface area contributed by atoms with Gasteiger partial charge < -0.3 is 9.47 Å². The molecule has 126 valence electrons. The van der Waals surface area contributed by atoms with Gasteiger partial charge in [0.15, 0.2) is 6.61 Å². The molecule has 3 nitrogen and oxygen atoms in total. The number of hydrogen-bond donors (Lipinski definition) is 0. The van der Waals surface area contributed by atoms with Crippen LogP contribution < -0.4 is 0 Å². The normalized spacial score (nSPS) is 16.8. The van der Waals surface area contributed by atoms with Gasteiger partial charge in [0.05, 0.1) is 11.1 Å². The predicted molar refractivity (Wildman–Crippen MR) is 91.1 cm³/mol. The van der Waals surface area contributed by atoms with Crippen LogP contribution in [0.3, 0.4) is 0 Å². The van der Waals surface area contributed by atoms with Crippen LogP contribution in [0.5, 0.6) is 0 Å². The molecule has 0 aromatic rings. The zero-order valence-corrected chi connectivity index (χ0v) is 15.4. The lowest BCUT2D eigenvalue weighted by Crippen LogP contribution is -2.19. The first kappa shape index (κ1) is 19.7. The highest BCUT2D eigenvalue weighted by atomic mass is 35.5. The van der Waals surface area contributed by atoms with E-state index in [1.54, 1.807) is 0 Å². The van der Waals surface area contributed by atoms with Crippen molar-refractivity contribution in [3.05, 3.63) is 20.9 Å². The summed E-state index contributed by atoms with van der Waals surface area (Å²) in [4.78, 5) is 11.8. The molecule has 0 fully saturated rings. The Morgan fingerprint density at radius 3 is 2.45 bits per heavy atom. The van der Waals surface area contributed by atoms with Crippen LogP contribution in [-0.4, -0.2) is 18.7 Å². The highest BCUT2D eigenvalue weighted by Crippen LogP contribution is 2.36. The van der Waals surface area contributed by atoms with Crippen LogP contribution in [-0.2, 0) is 14.3 Å². The molecule has 0 saturated carbocycles. The van der Waals surface area contributed by atoms with E-state index in [0.717, 1.165) is 12.8 Å². The molecular formula is C16H23Cl3O3. The molecule has 22 heavy (non-hydrogen) atoms. The molecule has 1 unspecified atom stereocenters. The van der Waals surface area contributed by atoms with Gasteiger partial charge in [0.25, 0.3) is 0 Å². The van der Waals surface area contributed by atoms with Gasteiger partial charge in [-0.3, -0.25) is 0 Å². The highest BCUT2D eigenvalue weighted by molar-refractivity contribution is 6.41. The van der Waals surface area contributed by atoms with Gasteiger partial charge in [-0.05, 0) is 19.8 Å². The number of ether oxygens (including phenoxy) is 2. The number of rotatable bonds is 9. The topological polar surface area (TPSA) is 35.5 Å². The second-order valence-corrected chi connectivity index (χ2v) is 6.80. The van der Waals surface area contributed by atoms with Gasteiger partial charge in [-0.2, -0.15) is 0 Å². The Bertz CT molecular complexity index is 444. The van der Waals surface area contributed by atoms with Crippen LogP contribution >= 0.6 is 34.8 Å². The lowest BCUT2D eigenvalue weighted by molar-refractivity contribution is -0.152. The first-order chi connectivity index (χ1) is 10.4. The maximum Gasteiger partial charge on any atom is 0.344 e. The van der Waals surface area contributed by atoms with Crippen LogP contribution in [0.25, 0.3) is 0 Å². The molecule has 1 rings (SSSR count). The zero-order valence-electron chi connectivity index (χ0n) is 13.1. The van der Waals surface area contributed by atoms with Gasteiger partial charge in [-0.25, -0.2) is 4.79 Å². The first-order valence-corrected chi connectivity index (χ1v) is 8.80. The molecule has 0 spiro atoms. The van der Waals surface area contributed by atoms with Gasteiger partial charge in [0.2, 0.25) is 0 Å². The number of allylic oxidation sites excluding steroid dienone is 3. The van der Waals surface area contributed by atoms with Gasteiger partial charge >= 0.3 is 5.97 Å². The van der Waals surface area contributed by atoms with Crippen LogP contribution in [0.15, 0.2) is 20.9 Å². The fourth-order valence-electron chi connectivity index (χ4n) is 2.11. The van der Waals surface area contributed by atoms with E-state index < -0.39 is 5.97 Å². The summed E-state index contributed by atoms with van der Waals surface area (Å²) in [6.45, 7) is 3.91. The molecule has 0 radical (unpaired) electrons. The van der Waals surface area contributed by atoms with Crippen LogP contribution in [0.4, 0.5) is 0 Å². The smallest absolute Gasteiger partial charge is 0.344 e. The first-order valence-electron chi connectivity index (χ1n) is 7.66. The minimum Gasteiger partial charge on any atom is -0.485 e. The van der Waals surface area contributed by atoms with Crippen molar-refractivity contribution in [3.8, 4) is 0 Å². The third kappa shape index (κ3) is 7.26. The zero-order chi connectivity index (χ0) is 16.5. The summed E-state index contributed by atoms with van der Waals surface area (Å²) < 4.78 is 10.7. The van der Waals surface area contributed by atoms with Crippen molar-refractivity contribution in [2.75, 3.05) is 6.61 Å². The fourth-order valence-corrected chi connectivity index (χ4v) is 2.83. The summed E-state index contributed by atoms with van der Waals surface area (Å²) in [5.41, 5.74) is 0. The standard InChI is InChI=1S/C16H23Cl3O3/c1-3-4-5-6-7-11(2)22-16(20)10-21-15-9-13(18)12(17)8-14(15)19/h11H,3-10H2,1-2H3. The van der Waals surface area contributed by atoms with Crippen molar-refractivity contribution >= 4 is 40.8 Å². The van der Waals surface area contributed by atoms with E-state index in [0.29, 0.717) is 33.7 Å². The Kier molecular flexibility index (Phi) is 9.30. The van der Waals surface area contributed by atoms with E-state index >= 15 is 0 Å². The number of carbonyl (C=O) groups is 1. The molecule has 6 heteroatoms. The van der Waals surface area contributed by atoms with Gasteiger partial charge in [0, 0.05) is 22.9 Å².